The van der Waals surface area contributed by atoms with E-state index in [1.807, 2.05) is 0 Å². The molecule has 6 aromatic rings. The predicted molar refractivity (Wildman–Crippen MR) is 231 cm³/mol. The van der Waals surface area contributed by atoms with Gasteiger partial charge in [0.05, 0.1) is 17.2 Å². The van der Waals surface area contributed by atoms with Gasteiger partial charge in [0.2, 0.25) is 0 Å². The molecular formula is C52H44N2. The van der Waals surface area contributed by atoms with Crippen molar-refractivity contribution in [1.29, 1.82) is 0 Å². The number of fused-ring (bicyclic) bond motifs is 4. The van der Waals surface area contributed by atoms with E-state index in [2.05, 4.69) is 185 Å². The lowest BCUT2D eigenvalue weighted by molar-refractivity contribution is 0.759. The van der Waals surface area contributed by atoms with Crippen LogP contribution in [-0.4, -0.2) is 10.6 Å². The minimum atomic E-state index is 0.175. The Morgan fingerprint density at radius 2 is 1.41 bits per heavy atom. The fraction of sp³-hybridized carbons (Fsp3) is 0.154. The number of benzene rings is 5. The molecule has 0 saturated heterocycles. The molecule has 0 amide bonds. The number of para-hydroxylation sites is 1. The smallest absolute Gasteiger partial charge is 0.0560 e. The number of hydrogen-bond donors (Lipinski definition) is 0. The van der Waals surface area contributed by atoms with Gasteiger partial charge in [0.25, 0.3) is 0 Å². The molecule has 262 valence electrons. The largest absolute Gasteiger partial charge is 0.334 e. The second-order valence-electron chi connectivity index (χ2n) is 14.9. The van der Waals surface area contributed by atoms with Gasteiger partial charge in [-0.3, -0.25) is 0 Å². The summed E-state index contributed by atoms with van der Waals surface area (Å²) in [4.78, 5) is 2.60. The molecule has 4 aliphatic carbocycles. The number of aromatic nitrogens is 1. The molecule has 1 aromatic heterocycles. The highest BCUT2D eigenvalue weighted by atomic mass is 15.2. The molecule has 1 unspecified atom stereocenters. The summed E-state index contributed by atoms with van der Waals surface area (Å²) in [6.45, 7) is 0. The third-order valence-electron chi connectivity index (χ3n) is 11.7. The number of hydrogen-bond acceptors (Lipinski definition) is 1. The summed E-state index contributed by atoms with van der Waals surface area (Å²) in [7, 11) is 0. The van der Waals surface area contributed by atoms with Gasteiger partial charge in [0.1, 0.15) is 0 Å². The maximum atomic E-state index is 2.60. The van der Waals surface area contributed by atoms with Gasteiger partial charge in [0, 0.05) is 33.6 Å². The molecule has 0 aliphatic heterocycles. The van der Waals surface area contributed by atoms with E-state index >= 15 is 0 Å². The van der Waals surface area contributed by atoms with Crippen LogP contribution in [0.15, 0.2) is 176 Å². The first-order chi connectivity index (χ1) is 26.8. The first-order valence-electron chi connectivity index (χ1n) is 19.7. The molecule has 2 heteroatoms. The maximum absolute atomic E-state index is 2.60. The van der Waals surface area contributed by atoms with Gasteiger partial charge in [-0.1, -0.05) is 140 Å². The summed E-state index contributed by atoms with van der Waals surface area (Å²) in [5.41, 5.74) is 15.7. The van der Waals surface area contributed by atoms with Gasteiger partial charge in [-0.05, 0) is 120 Å². The maximum Gasteiger partial charge on any atom is 0.0560 e. The zero-order valence-corrected chi connectivity index (χ0v) is 30.7. The third kappa shape index (κ3) is 5.83. The van der Waals surface area contributed by atoms with Crippen molar-refractivity contribution in [3.8, 4) is 5.69 Å². The van der Waals surface area contributed by atoms with Crippen molar-refractivity contribution in [1.82, 2.24) is 4.57 Å². The van der Waals surface area contributed by atoms with Crippen molar-refractivity contribution in [2.45, 2.75) is 51.0 Å². The van der Waals surface area contributed by atoms with Crippen molar-refractivity contribution in [2.24, 2.45) is 0 Å². The zero-order chi connectivity index (χ0) is 35.8. The second kappa shape index (κ2) is 14.0. The summed E-state index contributed by atoms with van der Waals surface area (Å²) in [5.74, 6) is 0. The monoisotopic (exact) mass is 696 g/mol. The van der Waals surface area contributed by atoms with Crippen LogP contribution in [0.2, 0.25) is 0 Å². The average Bonchev–Trinajstić information content (AvgIpc) is 3.57. The Bertz CT molecular complexity index is 2620. The van der Waals surface area contributed by atoms with Crippen LogP contribution in [0.4, 0.5) is 5.69 Å². The molecule has 2 nitrogen and oxygen atoms in total. The van der Waals surface area contributed by atoms with Crippen LogP contribution in [0.1, 0.15) is 66.5 Å². The van der Waals surface area contributed by atoms with Crippen LogP contribution in [0, 0.1) is 0 Å². The Morgan fingerprint density at radius 1 is 0.630 bits per heavy atom. The SMILES string of the molecule is C1=CCCC(c2ccc(N(C3=CCCC=C3c3ccccc3)C3C=CC(c4ccccc4-n4c5c(c6cc7ccccc7cc64)CCC=C5)=CC3)cc2)=C1. The van der Waals surface area contributed by atoms with E-state index in [4.69, 9.17) is 0 Å². The van der Waals surface area contributed by atoms with Crippen LogP contribution >= 0.6 is 0 Å². The molecule has 0 bridgehead atoms. The molecule has 4 aliphatic rings. The standard InChI is InChI=1S/C52H44N2/c1-3-15-37(16-4-1)38-27-31-43(32-28-38)53(49-24-12-9-21-45(49)39-17-5-2-6-18-39)44-33-29-40(30-34-44)46-22-10-13-25-50(46)54-51-26-14-11-23-47(51)48-35-41-19-7-8-20-42(41)36-52(48)54/h1-3,5-8,10,13-15,17-22,24-33,35-36,44H,4,9,11-12,16,23,34H2. The first kappa shape index (κ1) is 32.5. The topological polar surface area (TPSA) is 8.17 Å². The van der Waals surface area contributed by atoms with Crippen LogP contribution in [0.3, 0.4) is 0 Å². The molecule has 0 spiro atoms. The van der Waals surface area contributed by atoms with Gasteiger partial charge in [-0.15, -0.1) is 0 Å². The molecule has 5 aromatic carbocycles. The quantitative estimate of drug-likeness (QED) is 0.161. The van der Waals surface area contributed by atoms with E-state index in [1.165, 1.54) is 83.4 Å². The number of aryl methyl sites for hydroxylation is 1. The van der Waals surface area contributed by atoms with Gasteiger partial charge in [-0.25, -0.2) is 0 Å². The lowest BCUT2D eigenvalue weighted by Crippen LogP contribution is -2.35. The van der Waals surface area contributed by atoms with Crippen molar-refractivity contribution in [3.05, 3.63) is 204 Å². The molecule has 0 N–H and O–H groups in total. The van der Waals surface area contributed by atoms with Crippen LogP contribution in [-0.2, 0) is 6.42 Å². The fourth-order valence-electron chi connectivity index (χ4n) is 9.05. The molecular weight excluding hydrogens is 653 g/mol. The van der Waals surface area contributed by atoms with Gasteiger partial charge >= 0.3 is 0 Å². The molecule has 0 saturated carbocycles. The Kier molecular flexibility index (Phi) is 8.45. The normalized spacial score (nSPS) is 17.9. The molecule has 10 rings (SSSR count). The lowest BCUT2D eigenvalue weighted by atomic mass is 9.90. The second-order valence-corrected chi connectivity index (χ2v) is 14.9. The van der Waals surface area contributed by atoms with Crippen molar-refractivity contribution in [3.63, 3.8) is 0 Å². The Hall–Kier alpha value is -6.12. The summed E-state index contributed by atoms with van der Waals surface area (Å²) in [6.07, 6.45) is 31.0. The highest BCUT2D eigenvalue weighted by molar-refractivity contribution is 6.02. The van der Waals surface area contributed by atoms with Gasteiger partial charge in [0.15, 0.2) is 0 Å². The number of allylic oxidation sites excluding steroid dienone is 10. The van der Waals surface area contributed by atoms with E-state index in [0.29, 0.717) is 0 Å². The first-order valence-corrected chi connectivity index (χ1v) is 19.7. The van der Waals surface area contributed by atoms with Crippen LogP contribution < -0.4 is 4.90 Å². The zero-order valence-electron chi connectivity index (χ0n) is 30.7. The minimum absolute atomic E-state index is 0.175. The Labute approximate surface area is 318 Å². The van der Waals surface area contributed by atoms with E-state index in [0.717, 1.165) is 44.9 Å². The number of anilines is 1. The van der Waals surface area contributed by atoms with E-state index in [9.17, 15) is 0 Å². The van der Waals surface area contributed by atoms with Gasteiger partial charge in [-0.2, -0.15) is 0 Å². The summed E-state index contributed by atoms with van der Waals surface area (Å²) >= 11 is 0. The summed E-state index contributed by atoms with van der Waals surface area (Å²) in [6, 6.07) is 43.0. The number of rotatable bonds is 7. The molecule has 1 heterocycles. The summed E-state index contributed by atoms with van der Waals surface area (Å²) in [5, 5.41) is 3.96. The van der Waals surface area contributed by atoms with Crippen molar-refractivity contribution >= 4 is 50.2 Å². The van der Waals surface area contributed by atoms with Crippen LogP contribution in [0.5, 0.6) is 0 Å². The Balaban J connectivity index is 1.04. The fourth-order valence-corrected chi connectivity index (χ4v) is 9.05. The molecule has 1 atom stereocenters. The number of nitrogens with zero attached hydrogens (tertiary/aromatic N) is 2. The third-order valence-corrected chi connectivity index (χ3v) is 11.7. The van der Waals surface area contributed by atoms with E-state index in [-0.39, 0.29) is 6.04 Å². The molecule has 0 fully saturated rings. The average molecular weight is 697 g/mol. The highest BCUT2D eigenvalue weighted by Crippen LogP contribution is 2.41. The minimum Gasteiger partial charge on any atom is -0.334 e. The van der Waals surface area contributed by atoms with Crippen LogP contribution in [0.25, 0.3) is 50.2 Å². The summed E-state index contributed by atoms with van der Waals surface area (Å²) < 4.78 is 2.53. The predicted octanol–water partition coefficient (Wildman–Crippen LogP) is 13.5. The lowest BCUT2D eigenvalue weighted by Gasteiger charge is -2.37. The molecule has 54 heavy (non-hydrogen) atoms. The van der Waals surface area contributed by atoms with E-state index in [1.54, 1.807) is 0 Å². The highest BCUT2D eigenvalue weighted by Gasteiger charge is 2.27. The Morgan fingerprint density at radius 3 is 2.22 bits per heavy atom. The van der Waals surface area contributed by atoms with Crippen molar-refractivity contribution in [2.75, 3.05) is 4.90 Å². The van der Waals surface area contributed by atoms with E-state index < -0.39 is 0 Å². The molecule has 0 radical (unpaired) electrons. The van der Waals surface area contributed by atoms with Crippen molar-refractivity contribution < 1.29 is 0 Å². The van der Waals surface area contributed by atoms with Gasteiger partial charge < -0.3 is 9.47 Å².